The number of thiazole rings is 1. The molecule has 0 spiro atoms. The third kappa shape index (κ3) is 1.86. The highest BCUT2D eigenvalue weighted by Crippen LogP contribution is 2.50. The van der Waals surface area contributed by atoms with Crippen molar-refractivity contribution in [1.82, 2.24) is 4.98 Å². The normalized spacial score (nSPS) is 28.9. The fraction of sp³-hybridized carbons (Fsp3) is 0.667. The van der Waals surface area contributed by atoms with Gasteiger partial charge in [0.2, 0.25) is 5.91 Å². The van der Waals surface area contributed by atoms with Gasteiger partial charge in [0.1, 0.15) is 0 Å². The van der Waals surface area contributed by atoms with Gasteiger partial charge in [0.25, 0.3) is 0 Å². The molecule has 16 heavy (non-hydrogen) atoms. The molecule has 0 bridgehead atoms. The zero-order chi connectivity index (χ0) is 11.8. The second-order valence-corrected chi connectivity index (χ2v) is 6.06. The minimum Gasteiger partial charge on any atom is -0.369 e. The molecule has 2 N–H and O–H groups in total. The summed E-state index contributed by atoms with van der Waals surface area (Å²) in [6.45, 7) is 4.29. The average molecular weight is 238 g/mol. The number of hydrogen-bond donors (Lipinski definition) is 1. The van der Waals surface area contributed by atoms with Gasteiger partial charge in [-0.2, -0.15) is 0 Å². The number of amides is 1. The predicted molar refractivity (Wildman–Crippen MR) is 65.2 cm³/mol. The maximum Gasteiger partial charge on any atom is 0.221 e. The van der Waals surface area contributed by atoms with E-state index in [0.717, 1.165) is 24.3 Å². The van der Waals surface area contributed by atoms with Crippen molar-refractivity contribution < 1.29 is 4.79 Å². The maximum absolute atomic E-state index is 11.5. The second-order valence-electron chi connectivity index (χ2n) is 5.13. The molecule has 2 atom stereocenters. The lowest BCUT2D eigenvalue weighted by Gasteiger charge is -2.42. The Bertz CT molecular complexity index is 372. The first-order valence-electron chi connectivity index (χ1n) is 5.72. The van der Waals surface area contributed by atoms with Crippen LogP contribution in [-0.2, 0) is 4.79 Å². The van der Waals surface area contributed by atoms with E-state index in [-0.39, 0.29) is 17.2 Å². The van der Waals surface area contributed by atoms with Crippen molar-refractivity contribution in [2.45, 2.75) is 39.0 Å². The number of hydrogen-bond acceptors (Lipinski definition) is 3. The molecular formula is C12H18N2OS. The molecule has 88 valence electrons. The van der Waals surface area contributed by atoms with E-state index in [1.54, 1.807) is 11.3 Å². The number of rotatable bonds is 2. The van der Waals surface area contributed by atoms with E-state index in [1.165, 1.54) is 0 Å². The second kappa shape index (κ2) is 4.17. The Hall–Kier alpha value is -0.900. The summed E-state index contributed by atoms with van der Waals surface area (Å²) in [7, 11) is 0. The fourth-order valence-corrected chi connectivity index (χ4v) is 3.84. The average Bonchev–Trinajstić information content (AvgIpc) is 2.68. The van der Waals surface area contributed by atoms with Gasteiger partial charge < -0.3 is 5.73 Å². The minimum absolute atomic E-state index is 0.0184. The molecule has 4 heteroatoms. The number of primary amides is 1. The van der Waals surface area contributed by atoms with E-state index < -0.39 is 0 Å². The van der Waals surface area contributed by atoms with E-state index in [2.05, 4.69) is 18.8 Å². The lowest BCUT2D eigenvalue weighted by atomic mass is 9.62. The van der Waals surface area contributed by atoms with Crippen molar-refractivity contribution in [1.29, 1.82) is 0 Å². The summed E-state index contributed by atoms with van der Waals surface area (Å²) in [5, 5.41) is 3.15. The van der Waals surface area contributed by atoms with Gasteiger partial charge in [-0.05, 0) is 18.3 Å². The van der Waals surface area contributed by atoms with Gasteiger partial charge >= 0.3 is 0 Å². The van der Waals surface area contributed by atoms with Crippen LogP contribution in [-0.4, -0.2) is 10.9 Å². The third-order valence-electron chi connectivity index (χ3n) is 3.87. The third-order valence-corrected chi connectivity index (χ3v) is 4.76. The number of nitrogens with zero attached hydrogens (tertiary/aromatic N) is 1. The SMILES string of the molecule is CC1(C)C(C(N)=O)CCCC1c1nccs1. The molecule has 2 rings (SSSR count). The van der Waals surface area contributed by atoms with Crippen LogP contribution in [0.5, 0.6) is 0 Å². The van der Waals surface area contributed by atoms with Crippen molar-refractivity contribution in [3.05, 3.63) is 16.6 Å². The van der Waals surface area contributed by atoms with Gasteiger partial charge in [0, 0.05) is 23.4 Å². The molecule has 1 saturated carbocycles. The quantitative estimate of drug-likeness (QED) is 0.860. The highest BCUT2D eigenvalue weighted by atomic mass is 32.1. The Morgan fingerprint density at radius 3 is 2.88 bits per heavy atom. The molecule has 1 aromatic heterocycles. The molecule has 0 saturated heterocycles. The molecule has 2 unspecified atom stereocenters. The molecule has 1 aliphatic rings. The molecule has 1 aliphatic carbocycles. The molecule has 0 aliphatic heterocycles. The Morgan fingerprint density at radius 1 is 1.56 bits per heavy atom. The summed E-state index contributed by atoms with van der Waals surface area (Å²) in [5.41, 5.74) is 5.43. The Balaban J connectivity index is 2.29. The zero-order valence-electron chi connectivity index (χ0n) is 9.77. The lowest BCUT2D eigenvalue weighted by molar-refractivity contribution is -0.127. The Kier molecular flexibility index (Phi) is 3.02. The van der Waals surface area contributed by atoms with Crippen molar-refractivity contribution in [3.63, 3.8) is 0 Å². The van der Waals surface area contributed by atoms with Crippen LogP contribution < -0.4 is 5.73 Å². The van der Waals surface area contributed by atoms with Gasteiger partial charge in [0.05, 0.1) is 5.01 Å². The number of carbonyl (C=O) groups excluding carboxylic acids is 1. The zero-order valence-corrected chi connectivity index (χ0v) is 10.6. The molecule has 3 nitrogen and oxygen atoms in total. The highest BCUT2D eigenvalue weighted by molar-refractivity contribution is 7.09. The minimum atomic E-state index is -0.161. The van der Waals surface area contributed by atoms with Crippen LogP contribution in [0.15, 0.2) is 11.6 Å². The largest absolute Gasteiger partial charge is 0.369 e. The van der Waals surface area contributed by atoms with Crippen molar-refractivity contribution in [3.8, 4) is 0 Å². The van der Waals surface area contributed by atoms with Crippen molar-refractivity contribution in [2.75, 3.05) is 0 Å². The van der Waals surface area contributed by atoms with Crippen LogP contribution in [0.4, 0.5) is 0 Å². The van der Waals surface area contributed by atoms with Crippen LogP contribution in [0.2, 0.25) is 0 Å². The van der Waals surface area contributed by atoms with Gasteiger partial charge in [-0.25, -0.2) is 4.98 Å². The fourth-order valence-electron chi connectivity index (χ4n) is 2.87. The van der Waals surface area contributed by atoms with Crippen LogP contribution in [0.1, 0.15) is 44.0 Å². The molecule has 0 radical (unpaired) electrons. The number of nitrogens with two attached hydrogens (primary N) is 1. The summed E-state index contributed by atoms with van der Waals surface area (Å²) in [6.07, 6.45) is 4.94. The van der Waals surface area contributed by atoms with E-state index in [9.17, 15) is 4.79 Å². The van der Waals surface area contributed by atoms with Gasteiger partial charge in [-0.15, -0.1) is 11.3 Å². The standard InChI is InChI=1S/C12H18N2OS/c1-12(2)8(10(13)15)4-3-5-9(12)11-14-6-7-16-11/h6-9H,3-5H2,1-2H3,(H2,13,15). The first kappa shape index (κ1) is 11.6. The number of aromatic nitrogens is 1. The smallest absolute Gasteiger partial charge is 0.221 e. The summed E-state index contributed by atoms with van der Waals surface area (Å²) in [5.74, 6) is 0.195. The maximum atomic E-state index is 11.5. The first-order chi connectivity index (χ1) is 7.53. The summed E-state index contributed by atoms with van der Waals surface area (Å²) in [6, 6.07) is 0. The van der Waals surface area contributed by atoms with E-state index >= 15 is 0 Å². The molecule has 1 amide bonds. The van der Waals surface area contributed by atoms with E-state index in [0.29, 0.717) is 5.92 Å². The van der Waals surface area contributed by atoms with Gasteiger partial charge in [-0.3, -0.25) is 4.79 Å². The number of carbonyl (C=O) groups is 1. The van der Waals surface area contributed by atoms with Gasteiger partial charge in [-0.1, -0.05) is 20.3 Å². The van der Waals surface area contributed by atoms with Crippen LogP contribution >= 0.6 is 11.3 Å². The highest BCUT2D eigenvalue weighted by Gasteiger charge is 2.44. The molecular weight excluding hydrogens is 220 g/mol. The Morgan fingerprint density at radius 2 is 2.31 bits per heavy atom. The molecule has 0 aromatic carbocycles. The van der Waals surface area contributed by atoms with Crippen molar-refractivity contribution in [2.24, 2.45) is 17.1 Å². The molecule has 1 aromatic rings. The van der Waals surface area contributed by atoms with Gasteiger partial charge in [0.15, 0.2) is 0 Å². The van der Waals surface area contributed by atoms with Crippen LogP contribution in [0.3, 0.4) is 0 Å². The van der Waals surface area contributed by atoms with Crippen LogP contribution in [0, 0.1) is 11.3 Å². The summed E-state index contributed by atoms with van der Waals surface area (Å²) >= 11 is 1.68. The molecule has 1 fully saturated rings. The lowest BCUT2D eigenvalue weighted by Crippen LogP contribution is -2.42. The first-order valence-corrected chi connectivity index (χ1v) is 6.60. The topological polar surface area (TPSA) is 56.0 Å². The predicted octanol–water partition coefficient (Wildman–Crippen LogP) is 2.54. The van der Waals surface area contributed by atoms with E-state index in [1.807, 2.05) is 11.6 Å². The van der Waals surface area contributed by atoms with Crippen LogP contribution in [0.25, 0.3) is 0 Å². The van der Waals surface area contributed by atoms with Crippen molar-refractivity contribution >= 4 is 17.2 Å². The summed E-state index contributed by atoms with van der Waals surface area (Å²) < 4.78 is 0. The molecule has 1 heterocycles. The Labute approximate surface area is 100 Å². The summed E-state index contributed by atoms with van der Waals surface area (Å²) in [4.78, 5) is 15.9. The monoisotopic (exact) mass is 238 g/mol. The van der Waals surface area contributed by atoms with E-state index in [4.69, 9.17) is 5.73 Å².